The summed E-state index contributed by atoms with van der Waals surface area (Å²) < 4.78 is 5.67. The lowest BCUT2D eigenvalue weighted by Crippen LogP contribution is -2.20. The Morgan fingerprint density at radius 1 is 1.32 bits per heavy atom. The Balaban J connectivity index is 1.90. The minimum absolute atomic E-state index is 0.201. The predicted molar refractivity (Wildman–Crippen MR) is 77.6 cm³/mol. The molecule has 1 aliphatic heterocycles. The summed E-state index contributed by atoms with van der Waals surface area (Å²) in [6, 6.07) is 8.29. The van der Waals surface area contributed by atoms with Crippen LogP contribution in [-0.4, -0.2) is 12.4 Å². The van der Waals surface area contributed by atoms with Crippen molar-refractivity contribution < 1.29 is 9.53 Å². The predicted octanol–water partition coefficient (Wildman–Crippen LogP) is 4.34. The first kappa shape index (κ1) is 14.1. The molecular weight excluding hydrogens is 236 g/mol. The zero-order chi connectivity index (χ0) is 13.9. The van der Waals surface area contributed by atoms with Crippen LogP contribution in [0.4, 0.5) is 0 Å². The van der Waals surface area contributed by atoms with Gasteiger partial charge in [-0.1, -0.05) is 39.0 Å². The second-order valence-electron chi connectivity index (χ2n) is 6.44. The Bertz CT molecular complexity index is 443. The first-order valence-corrected chi connectivity index (χ1v) is 7.23. The molecule has 19 heavy (non-hydrogen) atoms. The highest BCUT2D eigenvalue weighted by molar-refractivity contribution is 5.83. The summed E-state index contributed by atoms with van der Waals surface area (Å²) in [6.45, 7) is 6.80. The summed E-state index contributed by atoms with van der Waals surface area (Å²) >= 11 is 0. The molecular formula is C17H24O2. The van der Waals surface area contributed by atoms with Crippen molar-refractivity contribution in [2.24, 2.45) is 5.41 Å². The van der Waals surface area contributed by atoms with Crippen LogP contribution in [-0.2, 0) is 4.79 Å². The quantitative estimate of drug-likeness (QED) is 0.805. The van der Waals surface area contributed by atoms with E-state index in [0.717, 1.165) is 31.6 Å². The molecule has 0 saturated heterocycles. The maximum absolute atomic E-state index is 11.9. The molecule has 0 N–H and O–H groups in total. The standard InChI is InChI=1S/C17H24O2/c1-17(2,3)16(18)10-6-7-13-11-12-19-15-9-5-4-8-14(13)15/h4-5,8-9,13H,6-7,10-12H2,1-3H3. The van der Waals surface area contributed by atoms with E-state index in [4.69, 9.17) is 4.74 Å². The van der Waals surface area contributed by atoms with Gasteiger partial charge in [0, 0.05) is 11.8 Å². The summed E-state index contributed by atoms with van der Waals surface area (Å²) in [5.74, 6) is 1.95. The maximum atomic E-state index is 11.9. The summed E-state index contributed by atoms with van der Waals surface area (Å²) in [5.41, 5.74) is 1.12. The average molecular weight is 260 g/mol. The van der Waals surface area contributed by atoms with Gasteiger partial charge >= 0.3 is 0 Å². The van der Waals surface area contributed by atoms with Gasteiger partial charge in [-0.15, -0.1) is 0 Å². The highest BCUT2D eigenvalue weighted by atomic mass is 16.5. The van der Waals surface area contributed by atoms with E-state index in [0.29, 0.717) is 18.1 Å². The van der Waals surface area contributed by atoms with Crippen molar-refractivity contribution in [3.8, 4) is 5.75 Å². The molecule has 0 bridgehead atoms. The van der Waals surface area contributed by atoms with Gasteiger partial charge in [-0.05, 0) is 36.8 Å². The van der Waals surface area contributed by atoms with E-state index >= 15 is 0 Å². The van der Waals surface area contributed by atoms with Crippen molar-refractivity contribution in [3.05, 3.63) is 29.8 Å². The van der Waals surface area contributed by atoms with Crippen molar-refractivity contribution in [1.29, 1.82) is 0 Å². The molecule has 2 heteroatoms. The number of Topliss-reactive ketones (excluding diaryl/α,β-unsaturated/α-hetero) is 1. The monoisotopic (exact) mass is 260 g/mol. The van der Waals surface area contributed by atoms with Gasteiger partial charge in [-0.2, -0.15) is 0 Å². The van der Waals surface area contributed by atoms with Gasteiger partial charge in [0.2, 0.25) is 0 Å². The maximum Gasteiger partial charge on any atom is 0.138 e. The molecule has 0 saturated carbocycles. The Hall–Kier alpha value is -1.31. The number of hydrogen-bond acceptors (Lipinski definition) is 2. The highest BCUT2D eigenvalue weighted by Gasteiger charge is 2.23. The normalized spacial score (nSPS) is 18.6. The molecule has 1 heterocycles. The smallest absolute Gasteiger partial charge is 0.138 e. The van der Waals surface area contributed by atoms with Gasteiger partial charge in [-0.3, -0.25) is 4.79 Å². The lowest BCUT2D eigenvalue weighted by Gasteiger charge is -2.26. The fraction of sp³-hybridized carbons (Fsp3) is 0.588. The van der Waals surface area contributed by atoms with Crippen LogP contribution >= 0.6 is 0 Å². The zero-order valence-corrected chi connectivity index (χ0v) is 12.2. The van der Waals surface area contributed by atoms with E-state index in [2.05, 4.69) is 12.1 Å². The zero-order valence-electron chi connectivity index (χ0n) is 12.2. The van der Waals surface area contributed by atoms with E-state index < -0.39 is 0 Å². The SMILES string of the molecule is CC(C)(C)C(=O)CCCC1CCOc2ccccc21. The third kappa shape index (κ3) is 3.59. The minimum Gasteiger partial charge on any atom is -0.493 e. The second kappa shape index (κ2) is 5.77. The second-order valence-corrected chi connectivity index (χ2v) is 6.44. The summed E-state index contributed by atoms with van der Waals surface area (Å²) in [7, 11) is 0. The van der Waals surface area contributed by atoms with Gasteiger partial charge in [0.05, 0.1) is 6.61 Å². The number of carbonyl (C=O) groups is 1. The van der Waals surface area contributed by atoms with E-state index in [9.17, 15) is 4.79 Å². The Labute approximate surface area is 116 Å². The molecule has 0 fully saturated rings. The Morgan fingerprint density at radius 2 is 2.05 bits per heavy atom. The lowest BCUT2D eigenvalue weighted by atomic mass is 9.84. The fourth-order valence-corrected chi connectivity index (χ4v) is 2.60. The van der Waals surface area contributed by atoms with Crippen LogP contribution in [0.25, 0.3) is 0 Å². The minimum atomic E-state index is -0.201. The van der Waals surface area contributed by atoms with Gasteiger partial charge in [0.25, 0.3) is 0 Å². The van der Waals surface area contributed by atoms with Crippen molar-refractivity contribution >= 4 is 5.78 Å². The van der Waals surface area contributed by atoms with E-state index in [1.54, 1.807) is 0 Å². The molecule has 1 unspecified atom stereocenters. The largest absolute Gasteiger partial charge is 0.493 e. The van der Waals surface area contributed by atoms with Crippen LogP contribution in [0.2, 0.25) is 0 Å². The Morgan fingerprint density at radius 3 is 2.79 bits per heavy atom. The number of benzene rings is 1. The van der Waals surface area contributed by atoms with Crippen molar-refractivity contribution in [2.45, 2.75) is 52.4 Å². The molecule has 0 spiro atoms. The van der Waals surface area contributed by atoms with E-state index in [-0.39, 0.29) is 5.41 Å². The summed E-state index contributed by atoms with van der Waals surface area (Å²) in [5, 5.41) is 0. The van der Waals surface area contributed by atoms with E-state index in [1.807, 2.05) is 32.9 Å². The average Bonchev–Trinajstić information content (AvgIpc) is 2.38. The van der Waals surface area contributed by atoms with Crippen molar-refractivity contribution in [3.63, 3.8) is 0 Å². The van der Waals surface area contributed by atoms with Gasteiger partial charge in [0.1, 0.15) is 11.5 Å². The number of ether oxygens (including phenoxy) is 1. The molecule has 0 aromatic heterocycles. The molecule has 0 radical (unpaired) electrons. The molecule has 1 aromatic carbocycles. The van der Waals surface area contributed by atoms with Crippen LogP contribution in [0.15, 0.2) is 24.3 Å². The number of carbonyl (C=O) groups excluding carboxylic acids is 1. The summed E-state index contributed by atoms with van der Waals surface area (Å²) in [4.78, 5) is 11.9. The van der Waals surface area contributed by atoms with Crippen LogP contribution in [0.3, 0.4) is 0 Å². The highest BCUT2D eigenvalue weighted by Crippen LogP contribution is 2.36. The molecule has 0 amide bonds. The third-order valence-electron chi connectivity index (χ3n) is 3.88. The van der Waals surface area contributed by atoms with Gasteiger partial charge < -0.3 is 4.74 Å². The van der Waals surface area contributed by atoms with Crippen LogP contribution in [0.5, 0.6) is 5.75 Å². The number of fused-ring (bicyclic) bond motifs is 1. The van der Waals surface area contributed by atoms with Crippen LogP contribution < -0.4 is 4.74 Å². The van der Waals surface area contributed by atoms with Gasteiger partial charge in [-0.25, -0.2) is 0 Å². The van der Waals surface area contributed by atoms with Crippen molar-refractivity contribution in [1.82, 2.24) is 0 Å². The number of hydrogen-bond donors (Lipinski definition) is 0. The molecule has 2 rings (SSSR count). The first-order chi connectivity index (χ1) is 8.98. The lowest BCUT2D eigenvalue weighted by molar-refractivity contribution is -0.126. The van der Waals surface area contributed by atoms with Crippen molar-refractivity contribution in [2.75, 3.05) is 6.61 Å². The van der Waals surface area contributed by atoms with Crippen LogP contribution in [0.1, 0.15) is 57.9 Å². The third-order valence-corrected chi connectivity index (χ3v) is 3.88. The van der Waals surface area contributed by atoms with E-state index in [1.165, 1.54) is 5.56 Å². The topological polar surface area (TPSA) is 26.3 Å². The molecule has 2 nitrogen and oxygen atoms in total. The number of ketones is 1. The molecule has 1 aliphatic rings. The molecule has 1 atom stereocenters. The summed E-state index contributed by atoms with van der Waals surface area (Å²) in [6.07, 6.45) is 3.83. The molecule has 0 aliphatic carbocycles. The molecule has 1 aromatic rings. The number of para-hydroxylation sites is 1. The Kier molecular flexibility index (Phi) is 4.28. The van der Waals surface area contributed by atoms with Gasteiger partial charge in [0.15, 0.2) is 0 Å². The fourth-order valence-electron chi connectivity index (χ4n) is 2.60. The number of rotatable bonds is 4. The molecule has 104 valence electrons. The first-order valence-electron chi connectivity index (χ1n) is 7.23. The van der Waals surface area contributed by atoms with Crippen LogP contribution in [0, 0.1) is 5.41 Å².